The Hall–Kier alpha value is -0.420. The van der Waals surface area contributed by atoms with Crippen molar-refractivity contribution in [2.24, 2.45) is 5.92 Å². The molecular formula is C10H21O6P. The molecular weight excluding hydrogens is 247 g/mol. The van der Waals surface area contributed by atoms with Gasteiger partial charge in [-0.25, -0.2) is 0 Å². The summed E-state index contributed by atoms with van der Waals surface area (Å²) in [4.78, 5) is 10.6. The van der Waals surface area contributed by atoms with Gasteiger partial charge in [0.2, 0.25) is 0 Å². The molecule has 0 radical (unpaired) electrons. The van der Waals surface area contributed by atoms with E-state index in [4.69, 9.17) is 18.9 Å². The highest BCUT2D eigenvalue weighted by atomic mass is 31.2. The zero-order valence-electron chi connectivity index (χ0n) is 10.5. The summed E-state index contributed by atoms with van der Waals surface area (Å²) in [6, 6.07) is 0. The Kier molecular flexibility index (Phi) is 8.43. The van der Waals surface area contributed by atoms with Gasteiger partial charge in [0.1, 0.15) is 0 Å². The molecule has 0 aromatic rings. The van der Waals surface area contributed by atoms with E-state index in [1.807, 2.05) is 0 Å². The molecule has 0 unspecified atom stereocenters. The van der Waals surface area contributed by atoms with Gasteiger partial charge in [0, 0.05) is 19.4 Å². The summed E-state index contributed by atoms with van der Waals surface area (Å²) in [6.07, 6.45) is 0.0401. The first kappa shape index (κ1) is 16.6. The van der Waals surface area contributed by atoms with E-state index in [1.54, 1.807) is 13.8 Å². The van der Waals surface area contributed by atoms with E-state index >= 15 is 0 Å². The molecule has 0 fully saturated rings. The molecule has 0 aliphatic rings. The minimum atomic E-state index is -3.20. The Balaban J connectivity index is 4.37. The van der Waals surface area contributed by atoms with Gasteiger partial charge in [-0.15, -0.1) is 0 Å². The van der Waals surface area contributed by atoms with E-state index in [0.717, 1.165) is 0 Å². The minimum Gasteiger partial charge on any atom is -0.465 e. The molecule has 102 valence electrons. The van der Waals surface area contributed by atoms with Gasteiger partial charge in [-0.05, 0) is 13.8 Å². The van der Waals surface area contributed by atoms with Gasteiger partial charge in [-0.1, -0.05) is 0 Å². The summed E-state index contributed by atoms with van der Waals surface area (Å²) < 4.78 is 27.1. The van der Waals surface area contributed by atoms with Crippen LogP contribution in [0.3, 0.4) is 0 Å². The van der Waals surface area contributed by atoms with Gasteiger partial charge in [0.25, 0.3) is 0 Å². The van der Waals surface area contributed by atoms with Crippen molar-refractivity contribution in [2.45, 2.75) is 20.8 Å². The molecule has 0 heterocycles. The number of hydrogen-bond acceptors (Lipinski definition) is 6. The Morgan fingerprint density at radius 2 is 1.82 bits per heavy atom. The van der Waals surface area contributed by atoms with E-state index in [-0.39, 0.29) is 32.6 Å². The number of ether oxygens (including phenoxy) is 1. The van der Waals surface area contributed by atoms with Crippen LogP contribution in [0.15, 0.2) is 0 Å². The average Bonchev–Trinajstić information content (AvgIpc) is 2.24. The third-order valence-electron chi connectivity index (χ3n) is 1.91. The van der Waals surface area contributed by atoms with Crippen molar-refractivity contribution in [3.63, 3.8) is 0 Å². The van der Waals surface area contributed by atoms with Gasteiger partial charge >= 0.3 is 13.6 Å². The molecule has 0 aliphatic heterocycles. The molecule has 0 spiro atoms. The summed E-state index contributed by atoms with van der Waals surface area (Å²) in [5.74, 6) is -0.881. The fourth-order valence-corrected chi connectivity index (χ4v) is 3.18. The molecule has 1 N–H and O–H groups in total. The number of rotatable bonds is 9. The van der Waals surface area contributed by atoms with E-state index < -0.39 is 19.5 Å². The van der Waals surface area contributed by atoms with Crippen molar-refractivity contribution in [3.05, 3.63) is 0 Å². The molecule has 1 atom stereocenters. The number of aliphatic hydroxyl groups excluding tert-OH is 1. The van der Waals surface area contributed by atoms with Gasteiger partial charge in [0.15, 0.2) is 0 Å². The first-order valence-electron chi connectivity index (χ1n) is 5.59. The van der Waals surface area contributed by atoms with Crippen molar-refractivity contribution in [2.75, 3.05) is 32.6 Å². The predicted octanol–water partition coefficient (Wildman–Crippen LogP) is 1.42. The number of aliphatic hydroxyl groups is 1. The SMILES string of the molecule is CCOP(=O)(C[C@H](CO)COC(C)=O)OCC. The van der Waals surface area contributed by atoms with Crippen LogP contribution < -0.4 is 0 Å². The third kappa shape index (κ3) is 7.49. The maximum Gasteiger partial charge on any atom is 0.331 e. The lowest BCUT2D eigenvalue weighted by molar-refractivity contribution is -0.142. The van der Waals surface area contributed by atoms with E-state index in [2.05, 4.69) is 0 Å². The molecule has 0 aliphatic carbocycles. The van der Waals surface area contributed by atoms with Crippen molar-refractivity contribution in [1.82, 2.24) is 0 Å². The van der Waals surface area contributed by atoms with Crippen molar-refractivity contribution in [3.8, 4) is 0 Å². The zero-order valence-corrected chi connectivity index (χ0v) is 11.4. The quantitative estimate of drug-likeness (QED) is 0.503. The number of hydrogen-bond donors (Lipinski definition) is 1. The van der Waals surface area contributed by atoms with Crippen LogP contribution in [0, 0.1) is 5.92 Å². The van der Waals surface area contributed by atoms with Crippen molar-refractivity contribution < 1.29 is 28.3 Å². The summed E-state index contributed by atoms with van der Waals surface area (Å²) >= 11 is 0. The summed E-state index contributed by atoms with van der Waals surface area (Å²) in [5.41, 5.74) is 0. The Bertz CT molecular complexity index is 258. The Morgan fingerprint density at radius 1 is 1.29 bits per heavy atom. The second-order valence-electron chi connectivity index (χ2n) is 3.48. The maximum absolute atomic E-state index is 12.1. The van der Waals surface area contributed by atoms with E-state index in [9.17, 15) is 9.36 Å². The fourth-order valence-electron chi connectivity index (χ4n) is 1.25. The van der Waals surface area contributed by atoms with Crippen LogP contribution in [0.5, 0.6) is 0 Å². The molecule has 0 amide bonds. The summed E-state index contributed by atoms with van der Waals surface area (Å²) in [5, 5.41) is 9.12. The monoisotopic (exact) mass is 268 g/mol. The first-order chi connectivity index (χ1) is 7.97. The van der Waals surface area contributed by atoms with Crippen LogP contribution in [-0.4, -0.2) is 43.7 Å². The first-order valence-corrected chi connectivity index (χ1v) is 7.32. The summed E-state index contributed by atoms with van der Waals surface area (Å²) in [7, 11) is -3.20. The van der Waals surface area contributed by atoms with Gasteiger partial charge < -0.3 is 18.9 Å². The molecule has 7 heteroatoms. The van der Waals surface area contributed by atoms with Crippen molar-refractivity contribution in [1.29, 1.82) is 0 Å². The lowest BCUT2D eigenvalue weighted by Crippen LogP contribution is -2.21. The second kappa shape index (κ2) is 8.64. The fraction of sp³-hybridized carbons (Fsp3) is 0.900. The van der Waals surface area contributed by atoms with Crippen LogP contribution in [-0.2, 0) is 23.1 Å². The lowest BCUT2D eigenvalue weighted by atomic mass is 10.2. The van der Waals surface area contributed by atoms with Crippen LogP contribution in [0.25, 0.3) is 0 Å². The molecule has 0 saturated carbocycles. The number of carbonyl (C=O) groups excluding carboxylic acids is 1. The molecule has 0 aromatic carbocycles. The van der Waals surface area contributed by atoms with Gasteiger partial charge in [0.05, 0.1) is 26.0 Å². The predicted molar refractivity (Wildman–Crippen MR) is 62.9 cm³/mol. The van der Waals surface area contributed by atoms with Crippen LogP contribution in [0.2, 0.25) is 0 Å². The largest absolute Gasteiger partial charge is 0.465 e. The van der Waals surface area contributed by atoms with Crippen LogP contribution in [0.1, 0.15) is 20.8 Å². The van der Waals surface area contributed by atoms with E-state index in [1.165, 1.54) is 6.92 Å². The molecule has 0 aromatic heterocycles. The number of esters is 1. The lowest BCUT2D eigenvalue weighted by Gasteiger charge is -2.21. The highest BCUT2D eigenvalue weighted by Crippen LogP contribution is 2.49. The molecule has 6 nitrogen and oxygen atoms in total. The van der Waals surface area contributed by atoms with E-state index in [0.29, 0.717) is 0 Å². The van der Waals surface area contributed by atoms with Gasteiger partial charge in [-0.3, -0.25) is 9.36 Å². The number of carbonyl (C=O) groups is 1. The standard InChI is InChI=1S/C10H21O6P/c1-4-15-17(13,16-5-2)8-10(6-11)7-14-9(3)12/h10-11H,4-8H2,1-3H3/t10-/m1/s1. The van der Waals surface area contributed by atoms with Crippen LogP contribution in [0.4, 0.5) is 0 Å². The Morgan fingerprint density at radius 3 is 2.18 bits per heavy atom. The Labute approximate surface area is 102 Å². The van der Waals surface area contributed by atoms with Crippen LogP contribution >= 0.6 is 7.60 Å². The zero-order chi connectivity index (χ0) is 13.3. The average molecular weight is 268 g/mol. The second-order valence-corrected chi connectivity index (χ2v) is 5.58. The van der Waals surface area contributed by atoms with Gasteiger partial charge in [-0.2, -0.15) is 0 Å². The van der Waals surface area contributed by atoms with Crippen molar-refractivity contribution >= 4 is 13.6 Å². The highest BCUT2D eigenvalue weighted by Gasteiger charge is 2.28. The minimum absolute atomic E-state index is 0.00989. The summed E-state index contributed by atoms with van der Waals surface area (Å²) in [6.45, 7) is 5.01. The molecule has 0 rings (SSSR count). The maximum atomic E-state index is 12.1. The normalized spacial score (nSPS) is 13.4. The topological polar surface area (TPSA) is 82.1 Å². The molecule has 0 bridgehead atoms. The smallest absolute Gasteiger partial charge is 0.331 e. The third-order valence-corrected chi connectivity index (χ3v) is 4.18. The molecule has 17 heavy (non-hydrogen) atoms. The highest BCUT2D eigenvalue weighted by molar-refractivity contribution is 7.53. The molecule has 0 saturated heterocycles.